The molecule has 0 radical (unpaired) electrons. The second kappa shape index (κ2) is 7.01. The molecule has 6 rings (SSSR count). The Balaban J connectivity index is 1.41. The van der Waals surface area contributed by atoms with Crippen molar-refractivity contribution in [2.45, 2.75) is 80.6 Å². The summed E-state index contributed by atoms with van der Waals surface area (Å²) in [6.45, 7) is 2.25. The van der Waals surface area contributed by atoms with Gasteiger partial charge in [-0.2, -0.15) is 5.26 Å². The molecule has 6 heteroatoms. The van der Waals surface area contributed by atoms with Crippen molar-refractivity contribution in [2.24, 2.45) is 11.3 Å². The third-order valence-electron chi connectivity index (χ3n) is 9.97. The fourth-order valence-electron chi connectivity index (χ4n) is 8.15. The highest BCUT2D eigenvalue weighted by Crippen LogP contribution is 2.71. The fourth-order valence-corrected chi connectivity index (χ4v) is 8.15. The van der Waals surface area contributed by atoms with Gasteiger partial charge >= 0.3 is 0 Å². The van der Waals surface area contributed by atoms with E-state index in [1.165, 1.54) is 5.57 Å². The van der Waals surface area contributed by atoms with Crippen molar-refractivity contribution in [1.82, 2.24) is 4.90 Å². The molecule has 2 bridgehead atoms. The summed E-state index contributed by atoms with van der Waals surface area (Å²) in [7, 11) is 3.81. The molecule has 3 aliphatic carbocycles. The van der Waals surface area contributed by atoms with Crippen molar-refractivity contribution in [1.29, 1.82) is 5.26 Å². The lowest BCUT2D eigenvalue weighted by atomic mass is 9.53. The van der Waals surface area contributed by atoms with Crippen molar-refractivity contribution in [3.8, 4) is 6.07 Å². The Morgan fingerprint density at radius 1 is 1.12 bits per heavy atom. The summed E-state index contributed by atoms with van der Waals surface area (Å²) in [5, 5.41) is 31.0. The molecule has 2 N–H and O–H groups in total. The van der Waals surface area contributed by atoms with E-state index in [0.717, 1.165) is 12.0 Å². The number of allylic oxidation sites excluding steroid dienone is 2. The Labute approximate surface area is 200 Å². The zero-order chi connectivity index (χ0) is 24.1. The molecule has 34 heavy (non-hydrogen) atoms. The third kappa shape index (κ3) is 2.62. The van der Waals surface area contributed by atoms with Gasteiger partial charge in [0, 0.05) is 12.0 Å². The number of fused-ring (bicyclic) bond motifs is 1. The number of hydrogen-bond acceptors (Lipinski definition) is 5. The zero-order valence-corrected chi connectivity index (χ0v) is 20.1. The summed E-state index contributed by atoms with van der Waals surface area (Å²) >= 11 is 0. The number of halogens is 1. The number of nitrogens with zero attached hydrogens (tertiary/aromatic N) is 2. The predicted octanol–water partition coefficient (Wildman–Crippen LogP) is 3.75. The van der Waals surface area contributed by atoms with Crippen LogP contribution in [0.1, 0.15) is 56.6 Å². The molecule has 2 saturated carbocycles. The monoisotopic (exact) mass is 464 g/mol. The van der Waals surface area contributed by atoms with Crippen LogP contribution >= 0.6 is 0 Å². The van der Waals surface area contributed by atoms with E-state index in [1.807, 2.05) is 43.3 Å². The van der Waals surface area contributed by atoms with Gasteiger partial charge < -0.3 is 19.8 Å². The van der Waals surface area contributed by atoms with Gasteiger partial charge in [-0.3, -0.25) is 0 Å². The molecule has 2 aliphatic heterocycles. The number of aliphatic hydroxyl groups is 2. The molecule has 180 valence electrons. The minimum Gasteiger partial charge on any atom is -0.388 e. The van der Waals surface area contributed by atoms with E-state index in [4.69, 9.17) is 4.74 Å². The summed E-state index contributed by atoms with van der Waals surface area (Å²) in [4.78, 5) is 1.94. The van der Waals surface area contributed by atoms with Gasteiger partial charge in [-0.15, -0.1) is 0 Å². The van der Waals surface area contributed by atoms with Gasteiger partial charge in [0.2, 0.25) is 0 Å². The van der Waals surface area contributed by atoms with Crippen molar-refractivity contribution < 1.29 is 19.3 Å². The second-order valence-corrected chi connectivity index (χ2v) is 11.6. The van der Waals surface area contributed by atoms with Crippen molar-refractivity contribution in [3.63, 3.8) is 0 Å². The minimum atomic E-state index is -1.66. The van der Waals surface area contributed by atoms with Gasteiger partial charge in [-0.25, -0.2) is 4.39 Å². The first-order valence-electron chi connectivity index (χ1n) is 12.5. The summed E-state index contributed by atoms with van der Waals surface area (Å²) in [6, 6.07) is 9.63. The van der Waals surface area contributed by atoms with E-state index in [1.54, 1.807) is 6.08 Å². The molecule has 0 aromatic heterocycles. The van der Waals surface area contributed by atoms with Crippen LogP contribution in [-0.2, 0) is 4.74 Å². The topological polar surface area (TPSA) is 76.7 Å². The summed E-state index contributed by atoms with van der Waals surface area (Å²) < 4.78 is 24.0. The van der Waals surface area contributed by atoms with Crippen LogP contribution in [0.3, 0.4) is 0 Å². The van der Waals surface area contributed by atoms with Crippen LogP contribution in [0.2, 0.25) is 0 Å². The van der Waals surface area contributed by atoms with E-state index in [-0.39, 0.29) is 17.4 Å². The molecule has 1 aromatic rings. The molecule has 1 saturated heterocycles. The molecule has 5 aliphatic rings. The number of nitriles is 1. The molecular weight excluding hydrogens is 431 g/mol. The molecule has 0 amide bonds. The van der Waals surface area contributed by atoms with Gasteiger partial charge in [-0.1, -0.05) is 25.1 Å². The molecule has 8 atom stereocenters. The number of hydrogen-bond donors (Lipinski definition) is 2. The Kier molecular flexibility index (Phi) is 4.62. The van der Waals surface area contributed by atoms with Crippen molar-refractivity contribution in [2.75, 3.05) is 14.1 Å². The lowest BCUT2D eigenvalue weighted by molar-refractivity contribution is -0.239. The average Bonchev–Trinajstić information content (AvgIpc) is 3.35. The Morgan fingerprint density at radius 2 is 1.85 bits per heavy atom. The molecule has 8 unspecified atom stereocenters. The first-order chi connectivity index (χ1) is 16.1. The summed E-state index contributed by atoms with van der Waals surface area (Å²) in [6.07, 6.45) is 5.43. The number of ether oxygens (including phenoxy) is 1. The smallest absolute Gasteiger partial charge is 0.158 e. The first-order valence-corrected chi connectivity index (χ1v) is 12.5. The van der Waals surface area contributed by atoms with E-state index in [9.17, 15) is 15.5 Å². The number of aliphatic hydroxyl groups excluding tert-OH is 2. The molecule has 5 nitrogen and oxygen atoms in total. The number of benzene rings is 1. The maximum absolute atomic E-state index is 17.0. The van der Waals surface area contributed by atoms with Crippen LogP contribution in [0.4, 0.5) is 4.39 Å². The second-order valence-electron chi connectivity index (χ2n) is 11.6. The number of rotatable bonds is 2. The first kappa shape index (κ1) is 22.4. The third-order valence-corrected chi connectivity index (χ3v) is 9.97. The van der Waals surface area contributed by atoms with Gasteiger partial charge in [-0.05, 0) is 93.0 Å². The molecule has 2 heterocycles. The largest absolute Gasteiger partial charge is 0.388 e. The highest BCUT2D eigenvalue weighted by atomic mass is 19.1. The number of alkyl halides is 1. The highest BCUT2D eigenvalue weighted by molar-refractivity contribution is 5.74. The van der Waals surface area contributed by atoms with Crippen molar-refractivity contribution >= 4 is 5.57 Å². The quantitative estimate of drug-likeness (QED) is 0.652. The van der Waals surface area contributed by atoms with E-state index >= 15 is 4.39 Å². The molecule has 1 aromatic carbocycles. The van der Waals surface area contributed by atoms with Crippen LogP contribution in [0.25, 0.3) is 5.57 Å². The Bertz CT molecular complexity index is 1140. The molecule has 2 spiro atoms. The van der Waals surface area contributed by atoms with E-state index in [2.05, 4.69) is 19.1 Å². The lowest BCUT2D eigenvalue weighted by Gasteiger charge is -2.60. The minimum absolute atomic E-state index is 0.0108. The van der Waals surface area contributed by atoms with Gasteiger partial charge in [0.15, 0.2) is 5.67 Å². The zero-order valence-electron chi connectivity index (χ0n) is 20.1. The van der Waals surface area contributed by atoms with Gasteiger partial charge in [0.05, 0.1) is 23.3 Å². The van der Waals surface area contributed by atoms with Crippen molar-refractivity contribution in [3.05, 3.63) is 53.1 Å². The molecule has 3 fully saturated rings. The Morgan fingerprint density at radius 3 is 2.53 bits per heavy atom. The SMILES string of the molecule is CN(C)C1CC23CCC4(O2)C2CC=C(c5ccc(C#N)cc5)C2(C)CCC4(F)C=C3C(O)C1O. The summed E-state index contributed by atoms with van der Waals surface area (Å²) in [5.74, 6) is -0.0108. The highest BCUT2D eigenvalue weighted by Gasteiger charge is 2.74. The maximum atomic E-state index is 17.0. The fraction of sp³-hybridized carbons (Fsp3) is 0.607. The average molecular weight is 465 g/mol. The van der Waals surface area contributed by atoms with Crippen LogP contribution in [0, 0.1) is 22.7 Å². The van der Waals surface area contributed by atoms with Crippen LogP contribution in [0.15, 0.2) is 42.0 Å². The van der Waals surface area contributed by atoms with Crippen LogP contribution in [0.5, 0.6) is 0 Å². The van der Waals surface area contributed by atoms with E-state index in [0.29, 0.717) is 43.2 Å². The standard InChI is InChI=1S/C28H33FN2O3/c1-25-10-12-27(29)14-20-23(32)24(33)21(31(2)3)15-26(20)11-13-28(27,34-26)22(25)9-8-19(25)18-6-4-17(16-30)5-7-18/h4-8,14,21-24,32-33H,9-13,15H2,1-3H3. The van der Waals surface area contributed by atoms with Crippen LogP contribution in [-0.4, -0.2) is 64.3 Å². The summed E-state index contributed by atoms with van der Waals surface area (Å²) in [5.41, 5.74) is -0.0469. The number of likely N-dealkylation sites (N-methyl/N-ethyl adjacent to an activating group) is 1. The molecular formula is C28H33FN2O3. The maximum Gasteiger partial charge on any atom is 0.158 e. The predicted molar refractivity (Wildman–Crippen MR) is 126 cm³/mol. The van der Waals surface area contributed by atoms with Gasteiger partial charge in [0.25, 0.3) is 0 Å². The van der Waals surface area contributed by atoms with E-state index < -0.39 is 29.1 Å². The normalized spacial score (nSPS) is 46.8. The van der Waals surface area contributed by atoms with Gasteiger partial charge in [0.1, 0.15) is 11.7 Å². The van der Waals surface area contributed by atoms with Crippen LogP contribution < -0.4 is 0 Å². The lowest BCUT2D eigenvalue weighted by Crippen LogP contribution is -2.68. The Hall–Kier alpha value is -2.04.